The van der Waals surface area contributed by atoms with Gasteiger partial charge in [-0.3, -0.25) is 9.78 Å². The van der Waals surface area contributed by atoms with E-state index in [1.54, 1.807) is 18.4 Å². The fourth-order valence-corrected chi connectivity index (χ4v) is 3.75. The zero-order chi connectivity index (χ0) is 18.1. The van der Waals surface area contributed by atoms with Crippen LogP contribution in [-0.4, -0.2) is 23.0 Å². The number of rotatable bonds is 4. The smallest absolute Gasteiger partial charge is 0.253 e. The lowest BCUT2D eigenvalue weighted by atomic mass is 10.1. The van der Waals surface area contributed by atoms with Crippen LogP contribution in [0.1, 0.15) is 21.1 Å². The van der Waals surface area contributed by atoms with Crippen LogP contribution in [-0.2, 0) is 6.54 Å². The van der Waals surface area contributed by atoms with Crippen LogP contribution in [0.5, 0.6) is 5.75 Å². The van der Waals surface area contributed by atoms with Gasteiger partial charge in [-0.05, 0) is 37.3 Å². The van der Waals surface area contributed by atoms with E-state index in [9.17, 15) is 4.79 Å². The number of hydrogen-bond acceptors (Lipinski definition) is 5. The van der Waals surface area contributed by atoms with E-state index in [1.165, 1.54) is 0 Å². The Kier molecular flexibility index (Phi) is 4.26. The summed E-state index contributed by atoms with van der Waals surface area (Å²) >= 11 is 1.59. The highest BCUT2D eigenvalue weighted by atomic mass is 32.1. The number of ether oxygens (including phenoxy) is 1. The minimum Gasteiger partial charge on any atom is -0.497 e. The fourth-order valence-electron chi connectivity index (χ4n) is 2.85. The number of benzene rings is 2. The predicted molar refractivity (Wildman–Crippen MR) is 104 cm³/mol. The monoisotopic (exact) mass is 363 g/mol. The molecule has 0 saturated carbocycles. The molecule has 4 rings (SSSR count). The Hall–Kier alpha value is -2.99. The molecule has 2 heterocycles. The Labute approximate surface area is 154 Å². The van der Waals surface area contributed by atoms with Gasteiger partial charge in [0.1, 0.15) is 10.8 Å². The van der Waals surface area contributed by atoms with Crippen LogP contribution in [0.4, 0.5) is 0 Å². The van der Waals surface area contributed by atoms with Crippen LogP contribution < -0.4 is 10.1 Å². The molecule has 0 unspecified atom stereocenters. The molecule has 0 fully saturated rings. The summed E-state index contributed by atoms with van der Waals surface area (Å²) < 4.78 is 6.35. The Balaban J connectivity index is 1.56. The molecule has 1 amide bonds. The van der Waals surface area contributed by atoms with E-state index in [1.807, 2.05) is 55.5 Å². The first kappa shape index (κ1) is 16.5. The van der Waals surface area contributed by atoms with Gasteiger partial charge in [-0.25, -0.2) is 4.98 Å². The molecule has 2 aromatic heterocycles. The van der Waals surface area contributed by atoms with E-state index in [-0.39, 0.29) is 5.91 Å². The molecule has 1 N–H and O–H groups in total. The maximum Gasteiger partial charge on any atom is 0.253 e. The highest BCUT2D eigenvalue weighted by molar-refractivity contribution is 7.18. The van der Waals surface area contributed by atoms with Crippen molar-refractivity contribution in [3.8, 4) is 5.75 Å². The Bertz CT molecular complexity index is 1090. The van der Waals surface area contributed by atoms with Gasteiger partial charge in [0.15, 0.2) is 0 Å². The fraction of sp³-hybridized carbons (Fsp3) is 0.150. The molecule has 0 aliphatic heterocycles. The number of fused-ring (bicyclic) bond motifs is 2. The number of aryl methyl sites for hydroxylation is 1. The molecule has 2 aromatic carbocycles. The highest BCUT2D eigenvalue weighted by Crippen LogP contribution is 2.23. The maximum atomic E-state index is 12.6. The van der Waals surface area contributed by atoms with Gasteiger partial charge >= 0.3 is 0 Å². The molecule has 0 bridgehead atoms. The number of nitrogens with one attached hydrogen (secondary N) is 1. The number of para-hydroxylation sites is 1. The van der Waals surface area contributed by atoms with E-state index in [0.717, 1.165) is 31.9 Å². The first-order valence-corrected chi connectivity index (χ1v) is 9.04. The van der Waals surface area contributed by atoms with Gasteiger partial charge in [-0.1, -0.05) is 12.1 Å². The number of amides is 1. The van der Waals surface area contributed by atoms with Gasteiger partial charge in [0, 0.05) is 11.5 Å². The molecule has 0 radical (unpaired) electrons. The molecule has 4 aromatic rings. The van der Waals surface area contributed by atoms with Crippen LogP contribution in [0.2, 0.25) is 0 Å². The second-order valence-corrected chi connectivity index (χ2v) is 7.05. The Morgan fingerprint density at radius 2 is 1.96 bits per heavy atom. The number of carbonyl (C=O) groups is 1. The van der Waals surface area contributed by atoms with Crippen LogP contribution in [0.15, 0.2) is 48.5 Å². The van der Waals surface area contributed by atoms with Crippen molar-refractivity contribution < 1.29 is 9.53 Å². The lowest BCUT2D eigenvalue weighted by molar-refractivity contribution is 0.0950. The summed E-state index contributed by atoms with van der Waals surface area (Å²) in [5.41, 5.74) is 3.03. The number of nitrogens with zero attached hydrogens (tertiary/aromatic N) is 2. The second-order valence-electron chi connectivity index (χ2n) is 5.94. The van der Waals surface area contributed by atoms with Crippen molar-refractivity contribution >= 4 is 38.4 Å². The molecular weight excluding hydrogens is 346 g/mol. The molecule has 0 aliphatic rings. The SMILES string of the molecule is COc1ccc2cc(C(=O)NCc3nc4ccccc4s3)c(C)nc2c1. The molecule has 6 heteroatoms. The van der Waals surface area contributed by atoms with Crippen molar-refractivity contribution in [2.45, 2.75) is 13.5 Å². The Morgan fingerprint density at radius 1 is 1.12 bits per heavy atom. The highest BCUT2D eigenvalue weighted by Gasteiger charge is 2.13. The van der Waals surface area contributed by atoms with Gasteiger partial charge < -0.3 is 10.1 Å². The first-order valence-electron chi connectivity index (χ1n) is 8.22. The Morgan fingerprint density at radius 3 is 2.77 bits per heavy atom. The summed E-state index contributed by atoms with van der Waals surface area (Å²) in [4.78, 5) is 21.7. The van der Waals surface area contributed by atoms with Gasteiger partial charge in [0.25, 0.3) is 5.91 Å². The van der Waals surface area contributed by atoms with E-state index < -0.39 is 0 Å². The lowest BCUT2D eigenvalue weighted by Crippen LogP contribution is -2.23. The second kappa shape index (κ2) is 6.72. The van der Waals surface area contributed by atoms with Crippen molar-refractivity contribution in [1.29, 1.82) is 0 Å². The van der Waals surface area contributed by atoms with E-state index >= 15 is 0 Å². The molecule has 0 aliphatic carbocycles. The van der Waals surface area contributed by atoms with Gasteiger partial charge in [0.05, 0.1) is 40.6 Å². The topological polar surface area (TPSA) is 64.1 Å². The zero-order valence-electron chi connectivity index (χ0n) is 14.4. The molecule has 5 nitrogen and oxygen atoms in total. The number of thiazole rings is 1. The first-order chi connectivity index (χ1) is 12.6. The number of methoxy groups -OCH3 is 1. The largest absolute Gasteiger partial charge is 0.497 e. The van der Waals surface area contributed by atoms with Crippen molar-refractivity contribution in [2.75, 3.05) is 7.11 Å². The third-order valence-electron chi connectivity index (χ3n) is 4.20. The molecule has 0 saturated heterocycles. The quantitative estimate of drug-likeness (QED) is 0.593. The summed E-state index contributed by atoms with van der Waals surface area (Å²) in [7, 11) is 1.62. The van der Waals surface area contributed by atoms with Crippen LogP contribution in [0.3, 0.4) is 0 Å². The normalized spacial score (nSPS) is 11.0. The lowest BCUT2D eigenvalue weighted by Gasteiger charge is -2.09. The minimum absolute atomic E-state index is 0.146. The van der Waals surface area contributed by atoms with Crippen LogP contribution in [0, 0.1) is 6.92 Å². The van der Waals surface area contributed by atoms with Gasteiger partial charge in [-0.2, -0.15) is 0 Å². The van der Waals surface area contributed by atoms with Gasteiger partial charge in [0.2, 0.25) is 0 Å². The zero-order valence-corrected chi connectivity index (χ0v) is 15.3. The predicted octanol–water partition coefficient (Wildman–Crippen LogP) is 4.09. The van der Waals surface area contributed by atoms with Crippen molar-refractivity contribution in [1.82, 2.24) is 15.3 Å². The molecule has 130 valence electrons. The molecule has 0 atom stereocenters. The summed E-state index contributed by atoms with van der Waals surface area (Å²) in [6, 6.07) is 15.5. The van der Waals surface area contributed by atoms with Crippen LogP contribution in [0.25, 0.3) is 21.1 Å². The third-order valence-corrected chi connectivity index (χ3v) is 5.23. The van der Waals surface area contributed by atoms with Crippen molar-refractivity contribution in [2.24, 2.45) is 0 Å². The van der Waals surface area contributed by atoms with E-state index in [4.69, 9.17) is 4.74 Å². The number of hydrogen-bond donors (Lipinski definition) is 1. The average Bonchev–Trinajstić information content (AvgIpc) is 3.08. The number of pyridine rings is 1. The van der Waals surface area contributed by atoms with Crippen molar-refractivity contribution in [3.63, 3.8) is 0 Å². The molecule has 26 heavy (non-hydrogen) atoms. The summed E-state index contributed by atoms with van der Waals surface area (Å²) in [5.74, 6) is 0.601. The van der Waals surface area contributed by atoms with E-state index in [0.29, 0.717) is 17.8 Å². The van der Waals surface area contributed by atoms with Crippen LogP contribution >= 0.6 is 11.3 Å². The number of aromatic nitrogens is 2. The van der Waals surface area contributed by atoms with E-state index in [2.05, 4.69) is 15.3 Å². The molecular formula is C20H17N3O2S. The summed E-state index contributed by atoms with van der Waals surface area (Å²) in [6.07, 6.45) is 0. The average molecular weight is 363 g/mol. The third kappa shape index (κ3) is 3.11. The summed E-state index contributed by atoms with van der Waals surface area (Å²) in [6.45, 7) is 2.24. The van der Waals surface area contributed by atoms with Gasteiger partial charge in [-0.15, -0.1) is 11.3 Å². The standard InChI is InChI=1S/C20H17N3O2S/c1-12-15(9-13-7-8-14(25-2)10-17(13)22-12)20(24)21-11-19-23-16-5-3-4-6-18(16)26-19/h3-10H,11H2,1-2H3,(H,21,24). The number of carbonyl (C=O) groups excluding carboxylic acids is 1. The minimum atomic E-state index is -0.146. The van der Waals surface area contributed by atoms with Crippen molar-refractivity contribution in [3.05, 3.63) is 64.8 Å². The summed E-state index contributed by atoms with van der Waals surface area (Å²) in [5, 5.41) is 4.74. The molecule has 0 spiro atoms. The maximum absolute atomic E-state index is 12.6.